The van der Waals surface area contributed by atoms with Gasteiger partial charge in [-0.15, -0.1) is 11.3 Å². The Kier molecular flexibility index (Phi) is 8.57. The summed E-state index contributed by atoms with van der Waals surface area (Å²) in [6.07, 6.45) is 5.63. The van der Waals surface area contributed by atoms with Crippen molar-refractivity contribution < 1.29 is 9.53 Å². The van der Waals surface area contributed by atoms with E-state index < -0.39 is 0 Å². The molecule has 0 aliphatic carbocycles. The molecule has 6 rings (SSSR count). The van der Waals surface area contributed by atoms with Gasteiger partial charge in [0.2, 0.25) is 0 Å². The van der Waals surface area contributed by atoms with E-state index >= 15 is 0 Å². The predicted octanol–water partition coefficient (Wildman–Crippen LogP) is 7.80. The number of likely N-dealkylation sites (tertiary alicyclic amines) is 2. The molecule has 214 valence electrons. The molecule has 0 amide bonds. The normalized spacial score (nSPS) is 18.0. The van der Waals surface area contributed by atoms with E-state index in [0.717, 1.165) is 51.3 Å². The van der Waals surface area contributed by atoms with Crippen LogP contribution < -0.4 is 4.74 Å². The Bertz CT molecular complexity index is 1520. The lowest BCUT2D eigenvalue weighted by molar-refractivity contribution is -0.121. The van der Waals surface area contributed by atoms with Crippen LogP contribution >= 0.6 is 11.3 Å². The standard InChI is InChI=1S/C36H42N2O2S/c1-25-8-15-32-33(23-28-9-10-30(26(2)22-28)24-38-18-6-7-34(38)27(3)39)36(41-35(32)21-25)29-11-13-31(14-12-29)40-20-19-37-16-4-5-17-37/h8-15,21-22,34H,4-7,16-20,23-24H2,1-3H3/t34-/m0/s1. The maximum atomic E-state index is 12.1. The van der Waals surface area contributed by atoms with Gasteiger partial charge in [0.25, 0.3) is 0 Å². The lowest BCUT2D eigenvalue weighted by Crippen LogP contribution is -2.34. The fourth-order valence-electron chi connectivity index (χ4n) is 6.61. The summed E-state index contributed by atoms with van der Waals surface area (Å²) in [4.78, 5) is 18.3. The van der Waals surface area contributed by atoms with Gasteiger partial charge in [-0.25, -0.2) is 0 Å². The summed E-state index contributed by atoms with van der Waals surface area (Å²) in [7, 11) is 0. The van der Waals surface area contributed by atoms with Crippen molar-refractivity contribution in [3.05, 3.63) is 88.5 Å². The summed E-state index contributed by atoms with van der Waals surface area (Å²) in [5.74, 6) is 1.24. The number of carbonyl (C=O) groups excluding carboxylic acids is 1. The molecule has 0 spiro atoms. The van der Waals surface area contributed by atoms with Crippen molar-refractivity contribution in [2.75, 3.05) is 32.8 Å². The van der Waals surface area contributed by atoms with Crippen LogP contribution in [0.2, 0.25) is 0 Å². The number of Topliss-reactive ketones (excluding diaryl/α,β-unsaturated/α-hetero) is 1. The second-order valence-electron chi connectivity index (χ2n) is 12.0. The van der Waals surface area contributed by atoms with E-state index in [4.69, 9.17) is 4.74 Å². The first-order valence-corrected chi connectivity index (χ1v) is 16.1. The minimum atomic E-state index is 0.0825. The lowest BCUT2D eigenvalue weighted by atomic mass is 9.96. The third-order valence-corrected chi connectivity index (χ3v) is 10.2. The molecule has 0 bridgehead atoms. The highest BCUT2D eigenvalue weighted by Crippen LogP contribution is 2.41. The lowest BCUT2D eigenvalue weighted by Gasteiger charge is -2.23. The third kappa shape index (κ3) is 6.43. The number of rotatable bonds is 10. The van der Waals surface area contributed by atoms with Crippen LogP contribution in [0.5, 0.6) is 5.75 Å². The average molecular weight is 567 g/mol. The zero-order valence-electron chi connectivity index (χ0n) is 24.7. The molecule has 4 aromatic rings. The van der Waals surface area contributed by atoms with Gasteiger partial charge in [-0.05, 0) is 142 Å². The molecule has 1 atom stereocenters. The van der Waals surface area contributed by atoms with Crippen LogP contribution in [0.4, 0.5) is 0 Å². The number of nitrogens with zero attached hydrogens (tertiary/aromatic N) is 2. The highest BCUT2D eigenvalue weighted by atomic mass is 32.1. The van der Waals surface area contributed by atoms with Crippen LogP contribution in [0.15, 0.2) is 60.7 Å². The Morgan fingerprint density at radius 2 is 1.76 bits per heavy atom. The number of aryl methyl sites for hydroxylation is 2. The van der Waals surface area contributed by atoms with Gasteiger partial charge in [0.05, 0.1) is 6.04 Å². The number of hydrogen-bond donors (Lipinski definition) is 0. The van der Waals surface area contributed by atoms with Crippen LogP contribution in [0.3, 0.4) is 0 Å². The molecule has 5 heteroatoms. The Morgan fingerprint density at radius 1 is 0.951 bits per heavy atom. The summed E-state index contributed by atoms with van der Waals surface area (Å²) >= 11 is 1.90. The summed E-state index contributed by atoms with van der Waals surface area (Å²) in [6, 6.07) is 22.6. The molecule has 0 radical (unpaired) electrons. The third-order valence-electron chi connectivity index (χ3n) is 8.93. The van der Waals surface area contributed by atoms with Gasteiger partial charge in [0, 0.05) is 22.7 Å². The summed E-state index contributed by atoms with van der Waals surface area (Å²) in [5.41, 5.74) is 7.92. The van der Waals surface area contributed by atoms with E-state index in [0.29, 0.717) is 5.78 Å². The van der Waals surface area contributed by atoms with Crippen molar-refractivity contribution in [2.24, 2.45) is 0 Å². The van der Waals surface area contributed by atoms with Crippen molar-refractivity contribution >= 4 is 27.2 Å². The molecule has 2 saturated heterocycles. The second kappa shape index (κ2) is 12.5. The Labute approximate surface area is 248 Å². The molecule has 2 fully saturated rings. The fraction of sp³-hybridized carbons (Fsp3) is 0.417. The fourth-order valence-corrected chi connectivity index (χ4v) is 7.94. The molecule has 0 unspecified atom stereocenters. The van der Waals surface area contributed by atoms with E-state index in [1.807, 2.05) is 11.3 Å². The summed E-state index contributed by atoms with van der Waals surface area (Å²) in [5, 5.41) is 1.35. The van der Waals surface area contributed by atoms with Crippen LogP contribution in [0.1, 0.15) is 60.4 Å². The molecular weight excluding hydrogens is 524 g/mol. The van der Waals surface area contributed by atoms with E-state index in [1.54, 1.807) is 6.92 Å². The number of ether oxygens (including phenoxy) is 1. The van der Waals surface area contributed by atoms with Gasteiger partial charge in [-0.2, -0.15) is 0 Å². The molecule has 3 heterocycles. The van der Waals surface area contributed by atoms with Crippen LogP contribution in [-0.2, 0) is 17.8 Å². The van der Waals surface area contributed by atoms with Crippen molar-refractivity contribution in [3.8, 4) is 16.2 Å². The van der Waals surface area contributed by atoms with Crippen molar-refractivity contribution in [2.45, 2.75) is 65.5 Å². The molecule has 3 aromatic carbocycles. The zero-order valence-corrected chi connectivity index (χ0v) is 25.6. The topological polar surface area (TPSA) is 32.8 Å². The second-order valence-corrected chi connectivity index (χ2v) is 13.1. The number of fused-ring (bicyclic) bond motifs is 1. The molecule has 4 nitrogen and oxygen atoms in total. The zero-order chi connectivity index (χ0) is 28.3. The number of benzene rings is 3. The monoisotopic (exact) mass is 566 g/mol. The summed E-state index contributed by atoms with van der Waals surface area (Å²) in [6.45, 7) is 12.2. The van der Waals surface area contributed by atoms with Gasteiger partial charge in [-0.1, -0.05) is 30.3 Å². The molecule has 1 aromatic heterocycles. The molecule has 2 aliphatic rings. The van der Waals surface area contributed by atoms with Crippen LogP contribution in [-0.4, -0.2) is 54.4 Å². The van der Waals surface area contributed by atoms with E-state index in [-0.39, 0.29) is 6.04 Å². The van der Waals surface area contributed by atoms with Gasteiger partial charge in [-0.3, -0.25) is 14.6 Å². The van der Waals surface area contributed by atoms with Crippen molar-refractivity contribution in [3.63, 3.8) is 0 Å². The molecular formula is C36H42N2O2S. The predicted molar refractivity (Wildman–Crippen MR) is 171 cm³/mol. The van der Waals surface area contributed by atoms with Gasteiger partial charge >= 0.3 is 0 Å². The van der Waals surface area contributed by atoms with E-state index in [1.165, 1.54) is 74.3 Å². The molecule has 2 aliphatic heterocycles. The highest BCUT2D eigenvalue weighted by Gasteiger charge is 2.28. The first kappa shape index (κ1) is 28.1. The van der Waals surface area contributed by atoms with Crippen molar-refractivity contribution in [1.29, 1.82) is 0 Å². The summed E-state index contributed by atoms with van der Waals surface area (Å²) < 4.78 is 7.44. The number of ketones is 1. The highest BCUT2D eigenvalue weighted by molar-refractivity contribution is 7.22. The first-order chi connectivity index (χ1) is 19.9. The van der Waals surface area contributed by atoms with Gasteiger partial charge in [0.15, 0.2) is 0 Å². The van der Waals surface area contributed by atoms with Gasteiger partial charge in [0.1, 0.15) is 18.1 Å². The van der Waals surface area contributed by atoms with E-state index in [9.17, 15) is 4.79 Å². The van der Waals surface area contributed by atoms with E-state index in [2.05, 4.69) is 84.3 Å². The Balaban J connectivity index is 1.22. The van der Waals surface area contributed by atoms with Gasteiger partial charge < -0.3 is 4.74 Å². The average Bonchev–Trinajstić information content (AvgIpc) is 3.72. The smallest absolute Gasteiger partial charge is 0.146 e. The maximum absolute atomic E-state index is 12.1. The Morgan fingerprint density at radius 3 is 2.51 bits per heavy atom. The molecule has 41 heavy (non-hydrogen) atoms. The number of hydrogen-bond acceptors (Lipinski definition) is 5. The molecule has 0 N–H and O–H groups in total. The number of thiophene rings is 1. The molecule has 0 saturated carbocycles. The quantitative estimate of drug-likeness (QED) is 0.196. The van der Waals surface area contributed by atoms with Crippen LogP contribution in [0, 0.1) is 13.8 Å². The SMILES string of the molecule is CC(=O)[C@@H]1CCCN1Cc1ccc(Cc2c(-c3ccc(OCCN4CCCC4)cc3)sc3cc(C)ccc23)cc1C. The largest absolute Gasteiger partial charge is 0.492 e. The van der Waals surface area contributed by atoms with Crippen molar-refractivity contribution in [1.82, 2.24) is 9.80 Å². The first-order valence-electron chi connectivity index (χ1n) is 15.2. The Hall–Kier alpha value is -2.99. The van der Waals surface area contributed by atoms with Crippen LogP contribution in [0.25, 0.3) is 20.5 Å². The minimum absolute atomic E-state index is 0.0825. The number of carbonyl (C=O) groups is 1. The minimum Gasteiger partial charge on any atom is -0.492 e. The maximum Gasteiger partial charge on any atom is 0.146 e.